The molecule has 0 aliphatic rings. The fourth-order valence-electron chi connectivity index (χ4n) is 1.86. The number of aromatic amines is 1. The Kier molecular flexibility index (Phi) is 3.01. The normalized spacial score (nSPS) is 10.4. The van der Waals surface area contributed by atoms with Crippen LogP contribution in [0.1, 0.15) is 0 Å². The number of aromatic hydroxyl groups is 1. The van der Waals surface area contributed by atoms with Crippen LogP contribution in [0.25, 0.3) is 22.8 Å². The van der Waals surface area contributed by atoms with Crippen molar-refractivity contribution in [2.24, 2.45) is 0 Å². The predicted octanol–water partition coefficient (Wildman–Crippen LogP) is 2.20. The van der Waals surface area contributed by atoms with E-state index in [0.29, 0.717) is 17.2 Å². The van der Waals surface area contributed by atoms with E-state index < -0.39 is 5.69 Å². The van der Waals surface area contributed by atoms with Crippen LogP contribution in [-0.2, 0) is 0 Å². The van der Waals surface area contributed by atoms with Crippen molar-refractivity contribution in [2.45, 2.75) is 0 Å². The Morgan fingerprint density at radius 3 is 2.25 bits per heavy atom. The lowest BCUT2D eigenvalue weighted by molar-refractivity contribution is 0.475. The highest BCUT2D eigenvalue weighted by Gasteiger charge is 2.07. The maximum atomic E-state index is 11.7. The quantitative estimate of drug-likeness (QED) is 0.744. The van der Waals surface area contributed by atoms with Gasteiger partial charge in [-0.15, -0.1) is 0 Å². The molecule has 0 saturated carbocycles. The average molecular weight is 265 g/mol. The van der Waals surface area contributed by atoms with Crippen LogP contribution in [0.3, 0.4) is 0 Å². The molecule has 0 amide bonds. The number of phenols is 1. The van der Waals surface area contributed by atoms with Crippen molar-refractivity contribution in [2.75, 3.05) is 0 Å². The third kappa shape index (κ3) is 2.42. The Bertz CT molecular complexity index is 780. The van der Waals surface area contributed by atoms with Gasteiger partial charge in [0.2, 0.25) is 0 Å². The second-order valence-corrected chi connectivity index (χ2v) is 4.24. The van der Waals surface area contributed by atoms with Gasteiger partial charge < -0.3 is 5.11 Å². The van der Waals surface area contributed by atoms with Crippen molar-refractivity contribution >= 4 is 0 Å². The Morgan fingerprint density at radius 2 is 1.55 bits per heavy atom. The van der Waals surface area contributed by atoms with E-state index in [2.05, 4.69) is 15.0 Å². The van der Waals surface area contributed by atoms with Crippen molar-refractivity contribution in [3.8, 4) is 28.5 Å². The van der Waals surface area contributed by atoms with E-state index in [1.807, 2.05) is 30.3 Å². The van der Waals surface area contributed by atoms with E-state index in [1.165, 1.54) is 12.1 Å². The molecule has 2 aromatic carbocycles. The van der Waals surface area contributed by atoms with Gasteiger partial charge in [0.1, 0.15) is 11.6 Å². The van der Waals surface area contributed by atoms with Gasteiger partial charge in [-0.3, -0.25) is 4.98 Å². The first kappa shape index (κ1) is 12.1. The van der Waals surface area contributed by atoms with Gasteiger partial charge in [-0.25, -0.2) is 9.78 Å². The summed E-state index contributed by atoms with van der Waals surface area (Å²) in [4.78, 5) is 22.5. The van der Waals surface area contributed by atoms with Crippen LogP contribution in [-0.4, -0.2) is 20.1 Å². The lowest BCUT2D eigenvalue weighted by Crippen LogP contribution is -2.14. The van der Waals surface area contributed by atoms with Gasteiger partial charge in [0, 0.05) is 11.1 Å². The largest absolute Gasteiger partial charge is 0.508 e. The fourth-order valence-corrected chi connectivity index (χ4v) is 1.86. The molecule has 0 spiro atoms. The van der Waals surface area contributed by atoms with Crippen LogP contribution in [0.15, 0.2) is 59.4 Å². The molecule has 0 aliphatic carbocycles. The van der Waals surface area contributed by atoms with Crippen molar-refractivity contribution < 1.29 is 5.11 Å². The third-order valence-corrected chi connectivity index (χ3v) is 2.82. The number of H-pyrrole nitrogens is 1. The number of aromatic nitrogens is 3. The van der Waals surface area contributed by atoms with Crippen molar-refractivity contribution in [1.29, 1.82) is 0 Å². The van der Waals surface area contributed by atoms with E-state index in [0.717, 1.165) is 5.56 Å². The molecule has 2 N–H and O–H groups in total. The van der Waals surface area contributed by atoms with Crippen LogP contribution >= 0.6 is 0 Å². The maximum absolute atomic E-state index is 11.7. The van der Waals surface area contributed by atoms with Crippen LogP contribution in [0.4, 0.5) is 0 Å². The molecule has 98 valence electrons. The Morgan fingerprint density at radius 1 is 0.850 bits per heavy atom. The highest BCUT2D eigenvalue weighted by molar-refractivity contribution is 5.60. The summed E-state index contributed by atoms with van der Waals surface area (Å²) >= 11 is 0. The molecule has 0 bridgehead atoms. The van der Waals surface area contributed by atoms with E-state index in [4.69, 9.17) is 0 Å². The number of benzene rings is 2. The second-order valence-electron chi connectivity index (χ2n) is 4.24. The second kappa shape index (κ2) is 4.97. The average Bonchev–Trinajstić information content (AvgIpc) is 2.48. The lowest BCUT2D eigenvalue weighted by Gasteiger charge is -2.04. The smallest absolute Gasteiger partial charge is 0.348 e. The molecule has 5 nitrogen and oxygen atoms in total. The number of nitrogens with one attached hydrogen (secondary N) is 1. The van der Waals surface area contributed by atoms with Crippen molar-refractivity contribution in [3.63, 3.8) is 0 Å². The lowest BCUT2D eigenvalue weighted by atomic mass is 10.2. The van der Waals surface area contributed by atoms with Crippen molar-refractivity contribution in [3.05, 3.63) is 65.1 Å². The summed E-state index contributed by atoms with van der Waals surface area (Å²) in [5, 5.41) is 9.29. The first-order valence-electron chi connectivity index (χ1n) is 6.05. The van der Waals surface area contributed by atoms with Gasteiger partial charge in [0.15, 0.2) is 5.82 Å². The van der Waals surface area contributed by atoms with Gasteiger partial charge in [-0.1, -0.05) is 30.3 Å². The van der Waals surface area contributed by atoms with E-state index in [1.54, 1.807) is 12.1 Å². The summed E-state index contributed by atoms with van der Waals surface area (Å²) < 4.78 is 0. The topological polar surface area (TPSA) is 78.9 Å². The van der Waals surface area contributed by atoms with Crippen LogP contribution in [0, 0.1) is 0 Å². The zero-order valence-electron chi connectivity index (χ0n) is 10.4. The summed E-state index contributed by atoms with van der Waals surface area (Å²) in [5.41, 5.74) is 1.03. The monoisotopic (exact) mass is 265 g/mol. The molecule has 0 aliphatic heterocycles. The van der Waals surface area contributed by atoms with E-state index >= 15 is 0 Å². The zero-order valence-corrected chi connectivity index (χ0v) is 10.4. The number of hydrogen-bond acceptors (Lipinski definition) is 4. The number of rotatable bonds is 2. The molecular formula is C15H11N3O2. The first-order valence-corrected chi connectivity index (χ1v) is 6.05. The predicted molar refractivity (Wildman–Crippen MR) is 75.2 cm³/mol. The third-order valence-electron chi connectivity index (χ3n) is 2.82. The molecule has 0 fully saturated rings. The minimum absolute atomic E-state index is 0.161. The van der Waals surface area contributed by atoms with E-state index in [9.17, 15) is 9.90 Å². The van der Waals surface area contributed by atoms with Gasteiger partial charge in [0.25, 0.3) is 0 Å². The minimum atomic E-state index is -0.457. The van der Waals surface area contributed by atoms with Gasteiger partial charge in [-0.05, 0) is 24.3 Å². The summed E-state index contributed by atoms with van der Waals surface area (Å²) in [5.74, 6) is 0.953. The summed E-state index contributed by atoms with van der Waals surface area (Å²) in [6.45, 7) is 0. The summed E-state index contributed by atoms with van der Waals surface area (Å²) in [6.07, 6.45) is 0. The molecule has 1 aromatic heterocycles. The molecular weight excluding hydrogens is 254 g/mol. The van der Waals surface area contributed by atoms with Crippen molar-refractivity contribution in [1.82, 2.24) is 15.0 Å². The highest BCUT2D eigenvalue weighted by Crippen LogP contribution is 2.19. The minimum Gasteiger partial charge on any atom is -0.508 e. The standard InChI is InChI=1S/C15H11N3O2/c19-12-8-6-11(7-9-12)14-16-13(17-15(20)18-14)10-4-2-1-3-5-10/h1-9,19H,(H,16,17,18,20). The summed E-state index contributed by atoms with van der Waals surface area (Å²) in [6, 6.07) is 15.7. The van der Waals surface area contributed by atoms with Crippen LogP contribution < -0.4 is 5.69 Å². The molecule has 0 saturated heterocycles. The van der Waals surface area contributed by atoms with Crippen LogP contribution in [0.2, 0.25) is 0 Å². The van der Waals surface area contributed by atoms with Gasteiger partial charge in [-0.2, -0.15) is 4.98 Å². The van der Waals surface area contributed by atoms with Gasteiger partial charge in [0.05, 0.1) is 0 Å². The molecule has 0 radical (unpaired) electrons. The Balaban J connectivity index is 2.12. The van der Waals surface area contributed by atoms with E-state index in [-0.39, 0.29) is 5.75 Å². The molecule has 3 rings (SSSR count). The number of nitrogens with zero attached hydrogens (tertiary/aromatic N) is 2. The Hall–Kier alpha value is -2.95. The number of phenolic OH excluding ortho intramolecular Hbond substituents is 1. The Labute approximate surface area is 114 Å². The maximum Gasteiger partial charge on any atom is 0.348 e. The van der Waals surface area contributed by atoms with Gasteiger partial charge >= 0.3 is 5.69 Å². The highest BCUT2D eigenvalue weighted by atomic mass is 16.3. The molecule has 1 heterocycles. The number of hydrogen-bond donors (Lipinski definition) is 2. The SMILES string of the molecule is O=c1nc(-c2ccccc2)nc(-c2ccc(O)cc2)[nH]1. The molecule has 0 atom stereocenters. The fraction of sp³-hybridized carbons (Fsp3) is 0. The summed E-state index contributed by atoms with van der Waals surface area (Å²) in [7, 11) is 0. The molecule has 20 heavy (non-hydrogen) atoms. The van der Waals surface area contributed by atoms with Crippen LogP contribution in [0.5, 0.6) is 5.75 Å². The molecule has 0 unspecified atom stereocenters. The first-order chi connectivity index (χ1) is 9.72. The zero-order chi connectivity index (χ0) is 13.9. The molecule has 5 heteroatoms. The molecule has 3 aromatic rings.